The number of rotatable bonds is 4. The molecule has 1 aromatic heterocycles. The lowest BCUT2D eigenvalue weighted by Gasteiger charge is -2.29. The van der Waals surface area contributed by atoms with Gasteiger partial charge in [0.1, 0.15) is 18.7 Å². The van der Waals surface area contributed by atoms with Crippen molar-refractivity contribution in [2.24, 2.45) is 0 Å². The summed E-state index contributed by atoms with van der Waals surface area (Å²) in [5, 5.41) is 10.7. The largest absolute Gasteiger partial charge is 0.305 e. The molecule has 0 N–H and O–H groups in total. The number of hydrogen-bond donors (Lipinski definition) is 0. The molecule has 110 valence electrons. The van der Waals surface area contributed by atoms with Crippen molar-refractivity contribution >= 4 is 11.6 Å². The summed E-state index contributed by atoms with van der Waals surface area (Å²) in [5.74, 6) is -0.575. The lowest BCUT2D eigenvalue weighted by atomic mass is 10.1. The molecule has 1 aromatic carbocycles. The van der Waals surface area contributed by atoms with Gasteiger partial charge in [0.15, 0.2) is 0 Å². The van der Waals surface area contributed by atoms with Crippen LogP contribution < -0.4 is 4.90 Å². The van der Waals surface area contributed by atoms with Crippen molar-refractivity contribution in [1.82, 2.24) is 20.2 Å². The van der Waals surface area contributed by atoms with Gasteiger partial charge in [-0.1, -0.05) is 25.0 Å². The van der Waals surface area contributed by atoms with Crippen LogP contribution in [0.5, 0.6) is 0 Å². The predicted molar refractivity (Wildman–Crippen MR) is 74.0 cm³/mol. The summed E-state index contributed by atoms with van der Waals surface area (Å²) in [5.41, 5.74) is 0.336. The molecule has 0 unspecified atom stereocenters. The highest BCUT2D eigenvalue weighted by molar-refractivity contribution is 5.93. The van der Waals surface area contributed by atoms with Gasteiger partial charge in [0.05, 0.1) is 5.69 Å². The van der Waals surface area contributed by atoms with Crippen molar-refractivity contribution in [3.63, 3.8) is 0 Å². The van der Waals surface area contributed by atoms with Gasteiger partial charge >= 0.3 is 0 Å². The van der Waals surface area contributed by atoms with Gasteiger partial charge in [-0.2, -0.15) is 0 Å². The predicted octanol–water partition coefficient (Wildman–Crippen LogP) is 1.79. The van der Waals surface area contributed by atoms with E-state index in [2.05, 4.69) is 15.5 Å². The van der Waals surface area contributed by atoms with Crippen LogP contribution in [0, 0.1) is 5.82 Å². The normalized spacial score (nSPS) is 15.3. The van der Waals surface area contributed by atoms with Crippen LogP contribution in [0.25, 0.3) is 0 Å². The quantitative estimate of drug-likeness (QED) is 0.860. The summed E-state index contributed by atoms with van der Waals surface area (Å²) in [4.78, 5) is 14.2. The molecule has 0 spiro atoms. The van der Waals surface area contributed by atoms with Crippen LogP contribution >= 0.6 is 0 Å². The number of halogens is 1. The van der Waals surface area contributed by atoms with Crippen molar-refractivity contribution in [2.75, 3.05) is 4.90 Å². The minimum atomic E-state index is -0.380. The number of para-hydroxylation sites is 1. The van der Waals surface area contributed by atoms with Crippen LogP contribution in [-0.2, 0) is 11.3 Å². The molecule has 1 saturated carbocycles. The Hall–Kier alpha value is -2.31. The van der Waals surface area contributed by atoms with E-state index in [-0.39, 0.29) is 24.3 Å². The highest BCUT2D eigenvalue weighted by Crippen LogP contribution is 2.30. The van der Waals surface area contributed by atoms with Gasteiger partial charge in [-0.25, -0.2) is 9.07 Å². The average molecular weight is 289 g/mol. The van der Waals surface area contributed by atoms with Gasteiger partial charge < -0.3 is 4.90 Å². The summed E-state index contributed by atoms with van der Waals surface area (Å²) < 4.78 is 15.4. The highest BCUT2D eigenvalue weighted by Gasteiger charge is 2.29. The number of amides is 1. The molecule has 21 heavy (non-hydrogen) atoms. The van der Waals surface area contributed by atoms with E-state index in [1.54, 1.807) is 23.1 Å². The Kier molecular flexibility index (Phi) is 3.89. The zero-order valence-electron chi connectivity index (χ0n) is 11.5. The van der Waals surface area contributed by atoms with E-state index < -0.39 is 0 Å². The zero-order valence-corrected chi connectivity index (χ0v) is 11.5. The summed E-state index contributed by atoms with van der Waals surface area (Å²) in [6.07, 6.45) is 5.30. The fraction of sp³-hybridized carbons (Fsp3) is 0.429. The Bertz CT molecular complexity index is 610. The van der Waals surface area contributed by atoms with E-state index in [0.717, 1.165) is 25.7 Å². The number of carbonyl (C=O) groups excluding carboxylic acids is 1. The molecule has 1 heterocycles. The number of aromatic nitrogens is 4. The maximum absolute atomic E-state index is 14.1. The van der Waals surface area contributed by atoms with Gasteiger partial charge in [0.2, 0.25) is 5.91 Å². The molecule has 0 bridgehead atoms. The molecule has 0 atom stereocenters. The van der Waals surface area contributed by atoms with Crippen molar-refractivity contribution < 1.29 is 9.18 Å². The van der Waals surface area contributed by atoms with E-state index in [0.29, 0.717) is 5.69 Å². The fourth-order valence-corrected chi connectivity index (χ4v) is 2.81. The standard InChI is InChI=1S/C14H16FN5O/c15-12-7-3-4-8-13(12)20(11-5-1-2-6-11)14(21)9-19-10-16-17-18-19/h3-4,7-8,10-11H,1-2,5-6,9H2. The smallest absolute Gasteiger partial charge is 0.249 e. The van der Waals surface area contributed by atoms with Crippen LogP contribution in [-0.4, -0.2) is 32.2 Å². The minimum Gasteiger partial charge on any atom is -0.305 e. The number of tetrazole rings is 1. The maximum Gasteiger partial charge on any atom is 0.249 e. The molecule has 1 fully saturated rings. The number of carbonyl (C=O) groups is 1. The number of hydrogen-bond acceptors (Lipinski definition) is 4. The summed E-state index contributed by atoms with van der Waals surface area (Å²) in [6.45, 7) is 0.0117. The monoisotopic (exact) mass is 289 g/mol. The zero-order chi connectivity index (χ0) is 14.7. The molecule has 0 radical (unpaired) electrons. The molecular formula is C14H16FN5O. The molecular weight excluding hydrogens is 273 g/mol. The topological polar surface area (TPSA) is 63.9 Å². The van der Waals surface area contributed by atoms with Crippen LogP contribution in [0.15, 0.2) is 30.6 Å². The van der Waals surface area contributed by atoms with Gasteiger partial charge in [-0.3, -0.25) is 4.79 Å². The van der Waals surface area contributed by atoms with Gasteiger partial charge in [0, 0.05) is 6.04 Å². The third-order valence-electron chi connectivity index (χ3n) is 3.76. The SMILES string of the molecule is O=C(Cn1cnnn1)N(c1ccccc1F)C1CCCC1. The lowest BCUT2D eigenvalue weighted by Crippen LogP contribution is -2.41. The fourth-order valence-electron chi connectivity index (χ4n) is 2.81. The summed E-state index contributed by atoms with van der Waals surface area (Å²) >= 11 is 0. The first-order valence-electron chi connectivity index (χ1n) is 7.03. The maximum atomic E-state index is 14.1. The number of nitrogens with zero attached hydrogens (tertiary/aromatic N) is 5. The van der Waals surface area contributed by atoms with E-state index in [9.17, 15) is 9.18 Å². The van der Waals surface area contributed by atoms with Crippen molar-refractivity contribution in [1.29, 1.82) is 0 Å². The third-order valence-corrected chi connectivity index (χ3v) is 3.76. The second-order valence-electron chi connectivity index (χ2n) is 5.16. The highest BCUT2D eigenvalue weighted by atomic mass is 19.1. The average Bonchev–Trinajstić information content (AvgIpc) is 3.15. The number of benzene rings is 1. The molecule has 7 heteroatoms. The molecule has 1 aliphatic rings. The summed E-state index contributed by atoms with van der Waals surface area (Å²) in [6, 6.07) is 6.43. The summed E-state index contributed by atoms with van der Waals surface area (Å²) in [7, 11) is 0. The third kappa shape index (κ3) is 2.91. The van der Waals surface area contributed by atoms with Crippen molar-refractivity contribution in [3.05, 3.63) is 36.4 Å². The Balaban J connectivity index is 1.88. The van der Waals surface area contributed by atoms with Gasteiger partial charge in [-0.15, -0.1) is 5.10 Å². The number of anilines is 1. The molecule has 0 aliphatic heterocycles. The van der Waals surface area contributed by atoms with Crippen molar-refractivity contribution in [2.45, 2.75) is 38.3 Å². The van der Waals surface area contributed by atoms with Crippen molar-refractivity contribution in [3.8, 4) is 0 Å². The Morgan fingerprint density at radius 2 is 2.10 bits per heavy atom. The second kappa shape index (κ2) is 5.99. The van der Waals surface area contributed by atoms with E-state index in [4.69, 9.17) is 0 Å². The van der Waals surface area contributed by atoms with E-state index >= 15 is 0 Å². The molecule has 2 aromatic rings. The van der Waals surface area contributed by atoms with Crippen LogP contribution in [0.4, 0.5) is 10.1 Å². The van der Waals surface area contributed by atoms with Gasteiger partial charge in [-0.05, 0) is 35.4 Å². The molecule has 3 rings (SSSR count). The Labute approximate surface area is 121 Å². The van der Waals surface area contributed by atoms with Crippen LogP contribution in [0.1, 0.15) is 25.7 Å². The Morgan fingerprint density at radius 3 is 2.76 bits per heavy atom. The molecule has 1 amide bonds. The first kappa shape index (κ1) is 13.7. The van der Waals surface area contributed by atoms with Crippen LogP contribution in [0.3, 0.4) is 0 Å². The first-order chi connectivity index (χ1) is 10.3. The van der Waals surface area contributed by atoms with E-state index in [1.165, 1.54) is 17.1 Å². The molecule has 0 saturated heterocycles. The van der Waals surface area contributed by atoms with Crippen LogP contribution in [0.2, 0.25) is 0 Å². The molecule has 1 aliphatic carbocycles. The lowest BCUT2D eigenvalue weighted by molar-refractivity contribution is -0.119. The van der Waals surface area contributed by atoms with E-state index in [1.807, 2.05) is 0 Å². The Morgan fingerprint density at radius 1 is 1.33 bits per heavy atom. The molecule has 6 nitrogen and oxygen atoms in total. The van der Waals surface area contributed by atoms with Gasteiger partial charge in [0.25, 0.3) is 0 Å². The minimum absolute atomic E-state index is 0.0117. The second-order valence-corrected chi connectivity index (χ2v) is 5.16. The first-order valence-corrected chi connectivity index (χ1v) is 7.03.